The van der Waals surface area contributed by atoms with Crippen LogP contribution in [0.4, 0.5) is 4.39 Å². The van der Waals surface area contributed by atoms with Crippen LogP contribution in [-0.2, 0) is 16.0 Å². The zero-order chi connectivity index (χ0) is 15.6. The van der Waals surface area contributed by atoms with Gasteiger partial charge in [-0.25, -0.2) is 9.18 Å². The number of hydrogen-bond acceptors (Lipinski definition) is 2. The lowest BCUT2D eigenvalue weighted by atomic mass is 9.99. The lowest BCUT2D eigenvalue weighted by molar-refractivity contribution is -0.143. The molecule has 4 nitrogen and oxygen atoms in total. The van der Waals surface area contributed by atoms with Gasteiger partial charge in [0.15, 0.2) is 0 Å². The van der Waals surface area contributed by atoms with Gasteiger partial charge in [-0.2, -0.15) is 0 Å². The first kappa shape index (κ1) is 15.9. The maximum atomic E-state index is 13.2. The van der Waals surface area contributed by atoms with Crippen molar-refractivity contribution in [1.29, 1.82) is 0 Å². The zero-order valence-electron chi connectivity index (χ0n) is 11.6. The van der Waals surface area contributed by atoms with Crippen molar-refractivity contribution in [2.24, 2.45) is 11.8 Å². The number of halogens is 2. The molecule has 0 saturated heterocycles. The molecule has 1 saturated carbocycles. The van der Waals surface area contributed by atoms with Gasteiger partial charge in [-0.15, -0.1) is 0 Å². The fourth-order valence-corrected chi connectivity index (χ4v) is 2.65. The largest absolute Gasteiger partial charge is 0.480 e. The predicted molar refractivity (Wildman–Crippen MR) is 79.3 cm³/mol. The van der Waals surface area contributed by atoms with E-state index in [1.807, 2.05) is 0 Å². The van der Waals surface area contributed by atoms with E-state index in [1.165, 1.54) is 6.07 Å². The lowest BCUT2D eigenvalue weighted by Gasteiger charge is -2.17. The SMILES string of the molecule is CC(Cc1ccc(F)c(Br)c1)C(=O)NC(C(=O)O)C1CC1. The van der Waals surface area contributed by atoms with Crippen LogP contribution in [0.5, 0.6) is 0 Å². The molecular weight excluding hydrogens is 341 g/mol. The van der Waals surface area contributed by atoms with Gasteiger partial charge in [-0.1, -0.05) is 13.0 Å². The van der Waals surface area contributed by atoms with Crippen LogP contribution in [0.2, 0.25) is 0 Å². The molecule has 1 aromatic rings. The van der Waals surface area contributed by atoms with Crippen molar-refractivity contribution in [1.82, 2.24) is 5.32 Å². The Morgan fingerprint density at radius 2 is 2.14 bits per heavy atom. The number of nitrogens with one attached hydrogen (secondary N) is 1. The highest BCUT2D eigenvalue weighted by molar-refractivity contribution is 9.10. The highest BCUT2D eigenvalue weighted by Crippen LogP contribution is 2.33. The van der Waals surface area contributed by atoms with Crippen molar-refractivity contribution >= 4 is 27.8 Å². The van der Waals surface area contributed by atoms with Crippen LogP contribution in [0, 0.1) is 17.7 Å². The van der Waals surface area contributed by atoms with Gasteiger partial charge in [0.2, 0.25) is 5.91 Å². The third kappa shape index (κ3) is 4.27. The minimum Gasteiger partial charge on any atom is -0.480 e. The van der Waals surface area contributed by atoms with Crippen LogP contribution in [0.25, 0.3) is 0 Å². The first-order chi connectivity index (χ1) is 9.88. The van der Waals surface area contributed by atoms with Crippen LogP contribution in [0.1, 0.15) is 25.3 Å². The summed E-state index contributed by atoms with van der Waals surface area (Å²) >= 11 is 3.11. The number of carbonyl (C=O) groups is 2. The van der Waals surface area contributed by atoms with E-state index in [0.717, 1.165) is 18.4 Å². The minimum absolute atomic E-state index is 0.0543. The Labute approximate surface area is 130 Å². The number of hydrogen-bond donors (Lipinski definition) is 2. The second kappa shape index (κ2) is 6.56. The third-order valence-electron chi connectivity index (χ3n) is 3.63. The number of aliphatic carboxylic acids is 1. The second-order valence-electron chi connectivity index (χ2n) is 5.52. The molecule has 21 heavy (non-hydrogen) atoms. The Hall–Kier alpha value is -1.43. The number of amides is 1. The molecular formula is C15H17BrFNO3. The fraction of sp³-hybridized carbons (Fsp3) is 0.467. The maximum Gasteiger partial charge on any atom is 0.326 e. The minimum atomic E-state index is -0.984. The van der Waals surface area contributed by atoms with Crippen molar-refractivity contribution in [2.75, 3.05) is 0 Å². The number of carbonyl (C=O) groups excluding carboxylic acids is 1. The summed E-state index contributed by atoms with van der Waals surface area (Å²) in [5.41, 5.74) is 0.823. The third-order valence-corrected chi connectivity index (χ3v) is 4.24. The second-order valence-corrected chi connectivity index (χ2v) is 6.37. The van der Waals surface area contributed by atoms with Crippen molar-refractivity contribution in [3.8, 4) is 0 Å². The topological polar surface area (TPSA) is 66.4 Å². The Bertz CT molecular complexity index is 560. The summed E-state index contributed by atoms with van der Waals surface area (Å²) in [6.07, 6.45) is 2.12. The summed E-state index contributed by atoms with van der Waals surface area (Å²) in [6, 6.07) is 3.81. The molecule has 2 atom stereocenters. The standard InChI is InChI=1S/C15H17BrFNO3/c1-8(6-9-2-5-12(17)11(16)7-9)14(19)18-13(15(20)21)10-3-4-10/h2,5,7-8,10,13H,3-4,6H2,1H3,(H,18,19)(H,20,21). The Morgan fingerprint density at radius 1 is 1.48 bits per heavy atom. The molecule has 6 heteroatoms. The number of rotatable bonds is 6. The smallest absolute Gasteiger partial charge is 0.326 e. The van der Waals surface area contributed by atoms with Crippen LogP contribution in [0.3, 0.4) is 0 Å². The van der Waals surface area contributed by atoms with E-state index < -0.39 is 12.0 Å². The van der Waals surface area contributed by atoms with Crippen molar-refractivity contribution in [3.63, 3.8) is 0 Å². The molecule has 1 aliphatic rings. The Morgan fingerprint density at radius 3 is 2.67 bits per heavy atom. The Balaban J connectivity index is 1.95. The molecule has 1 aromatic carbocycles. The molecule has 0 bridgehead atoms. The molecule has 1 fully saturated rings. The molecule has 1 amide bonds. The van der Waals surface area contributed by atoms with E-state index in [0.29, 0.717) is 10.9 Å². The van der Waals surface area contributed by atoms with Gasteiger partial charge in [0.05, 0.1) is 4.47 Å². The van der Waals surface area contributed by atoms with Crippen LogP contribution < -0.4 is 5.32 Å². The van der Waals surface area contributed by atoms with Gasteiger partial charge in [0.1, 0.15) is 11.9 Å². The van der Waals surface area contributed by atoms with E-state index in [4.69, 9.17) is 5.11 Å². The zero-order valence-corrected chi connectivity index (χ0v) is 13.2. The maximum absolute atomic E-state index is 13.2. The summed E-state index contributed by atoms with van der Waals surface area (Å²) in [5, 5.41) is 11.7. The molecule has 0 spiro atoms. The van der Waals surface area contributed by atoms with Crippen LogP contribution >= 0.6 is 15.9 Å². The summed E-state index contributed by atoms with van der Waals surface area (Å²) < 4.78 is 13.5. The van der Waals surface area contributed by atoms with Gasteiger partial charge in [-0.3, -0.25) is 4.79 Å². The van der Waals surface area contributed by atoms with Gasteiger partial charge >= 0.3 is 5.97 Å². The lowest BCUT2D eigenvalue weighted by Crippen LogP contribution is -2.44. The fourth-order valence-electron chi connectivity index (χ4n) is 2.22. The number of benzene rings is 1. The van der Waals surface area contributed by atoms with Gasteiger partial charge in [0.25, 0.3) is 0 Å². The first-order valence-corrected chi connectivity index (χ1v) is 7.65. The van der Waals surface area contributed by atoms with Gasteiger partial charge in [-0.05, 0) is 58.8 Å². The molecule has 114 valence electrons. The number of carboxylic acid groups (broad SMARTS) is 1. The van der Waals surface area contributed by atoms with Gasteiger partial charge in [0, 0.05) is 5.92 Å². The molecule has 0 radical (unpaired) electrons. The molecule has 0 aromatic heterocycles. The summed E-state index contributed by atoms with van der Waals surface area (Å²) in [5.74, 6) is -1.94. The van der Waals surface area contributed by atoms with E-state index in [2.05, 4.69) is 21.2 Å². The van der Waals surface area contributed by atoms with Crippen LogP contribution in [0.15, 0.2) is 22.7 Å². The van der Waals surface area contributed by atoms with Crippen molar-refractivity contribution < 1.29 is 19.1 Å². The summed E-state index contributed by atoms with van der Waals surface area (Å²) in [4.78, 5) is 23.2. The quantitative estimate of drug-likeness (QED) is 0.822. The van der Waals surface area contributed by atoms with E-state index in [1.54, 1.807) is 19.1 Å². The molecule has 2 rings (SSSR count). The van der Waals surface area contributed by atoms with Crippen molar-refractivity contribution in [2.45, 2.75) is 32.2 Å². The first-order valence-electron chi connectivity index (χ1n) is 6.85. The average molecular weight is 358 g/mol. The van der Waals surface area contributed by atoms with E-state index in [9.17, 15) is 14.0 Å². The monoisotopic (exact) mass is 357 g/mol. The normalized spacial score (nSPS) is 17.1. The predicted octanol–water partition coefficient (Wildman–Crippen LogP) is 2.75. The average Bonchev–Trinajstić information content (AvgIpc) is 3.23. The Kier molecular flexibility index (Phi) is 4.98. The molecule has 1 aliphatic carbocycles. The van der Waals surface area contributed by atoms with Gasteiger partial charge < -0.3 is 10.4 Å². The number of carboxylic acids is 1. The highest BCUT2D eigenvalue weighted by Gasteiger charge is 2.37. The molecule has 0 heterocycles. The molecule has 0 aliphatic heterocycles. The summed E-state index contributed by atoms with van der Waals surface area (Å²) in [7, 11) is 0. The molecule has 2 unspecified atom stereocenters. The summed E-state index contributed by atoms with van der Waals surface area (Å²) in [6.45, 7) is 1.73. The van der Waals surface area contributed by atoms with E-state index >= 15 is 0 Å². The van der Waals surface area contributed by atoms with Crippen LogP contribution in [-0.4, -0.2) is 23.0 Å². The van der Waals surface area contributed by atoms with Crippen molar-refractivity contribution in [3.05, 3.63) is 34.1 Å². The molecule has 2 N–H and O–H groups in total. The van der Waals surface area contributed by atoms with E-state index in [-0.39, 0.29) is 23.6 Å². The highest BCUT2D eigenvalue weighted by atomic mass is 79.9.